The predicted octanol–water partition coefficient (Wildman–Crippen LogP) is 3.46. The summed E-state index contributed by atoms with van der Waals surface area (Å²) in [7, 11) is 0. The van der Waals surface area contributed by atoms with Gasteiger partial charge >= 0.3 is 0 Å². The third-order valence-corrected chi connectivity index (χ3v) is 4.82. The molecular weight excluding hydrogens is 445 g/mol. The van der Waals surface area contributed by atoms with Crippen molar-refractivity contribution >= 4 is 29.9 Å². The van der Waals surface area contributed by atoms with Crippen molar-refractivity contribution in [3.8, 4) is 0 Å². The van der Waals surface area contributed by atoms with E-state index in [-0.39, 0.29) is 35.9 Å². The highest BCUT2D eigenvalue weighted by molar-refractivity contribution is 14.0. The standard InChI is InChI=1S/C19H31N3O3.HI/c1-2-20-18(21-12-9-16-8-7-13-23-16)22-14-17-15-24-19(25-17)10-5-3-4-6-11-19;/h7-8,13,17H,2-6,9-12,14-15H2,1H3,(H2,20,21,22);1H. The van der Waals surface area contributed by atoms with Gasteiger partial charge in [-0.1, -0.05) is 12.8 Å². The lowest BCUT2D eigenvalue weighted by molar-refractivity contribution is -0.174. The molecule has 1 saturated heterocycles. The maximum atomic E-state index is 6.26. The van der Waals surface area contributed by atoms with Gasteiger partial charge in [-0.3, -0.25) is 4.99 Å². The zero-order valence-electron chi connectivity index (χ0n) is 15.7. The van der Waals surface area contributed by atoms with E-state index in [0.29, 0.717) is 13.2 Å². The maximum Gasteiger partial charge on any atom is 0.191 e. The number of halogens is 1. The van der Waals surface area contributed by atoms with Crippen LogP contribution in [0.3, 0.4) is 0 Å². The van der Waals surface area contributed by atoms with Crippen molar-refractivity contribution in [1.29, 1.82) is 0 Å². The second-order valence-corrected chi connectivity index (χ2v) is 6.85. The van der Waals surface area contributed by atoms with Crippen molar-refractivity contribution in [2.75, 3.05) is 26.2 Å². The van der Waals surface area contributed by atoms with Gasteiger partial charge in [0.25, 0.3) is 0 Å². The Morgan fingerprint density at radius 2 is 2.04 bits per heavy atom. The van der Waals surface area contributed by atoms with Crippen LogP contribution < -0.4 is 10.6 Å². The molecule has 0 aromatic carbocycles. The average molecular weight is 477 g/mol. The number of aliphatic imine (C=N–C) groups is 1. The molecule has 1 aliphatic carbocycles. The first kappa shape index (κ1) is 21.5. The summed E-state index contributed by atoms with van der Waals surface area (Å²) in [5, 5.41) is 6.63. The number of hydrogen-bond acceptors (Lipinski definition) is 4. The van der Waals surface area contributed by atoms with Gasteiger partial charge in [-0.25, -0.2) is 0 Å². The Morgan fingerprint density at radius 3 is 2.73 bits per heavy atom. The molecule has 2 heterocycles. The molecule has 0 bridgehead atoms. The highest BCUT2D eigenvalue weighted by Gasteiger charge is 2.41. The third-order valence-electron chi connectivity index (χ3n) is 4.82. The molecule has 1 aliphatic heterocycles. The Bertz CT molecular complexity index is 528. The topological polar surface area (TPSA) is 68.0 Å². The molecule has 6 nitrogen and oxygen atoms in total. The lowest BCUT2D eigenvalue weighted by Crippen LogP contribution is -2.39. The first-order valence-electron chi connectivity index (χ1n) is 9.66. The van der Waals surface area contributed by atoms with Gasteiger partial charge in [-0.05, 0) is 31.9 Å². The Hall–Kier alpha value is -0.800. The molecule has 1 aromatic rings. The summed E-state index contributed by atoms with van der Waals surface area (Å²) in [4.78, 5) is 4.67. The Labute approximate surface area is 173 Å². The molecule has 2 fully saturated rings. The molecule has 0 amide bonds. The maximum absolute atomic E-state index is 6.26. The van der Waals surface area contributed by atoms with E-state index >= 15 is 0 Å². The van der Waals surface area contributed by atoms with E-state index in [0.717, 1.165) is 44.1 Å². The van der Waals surface area contributed by atoms with Crippen LogP contribution >= 0.6 is 24.0 Å². The second-order valence-electron chi connectivity index (χ2n) is 6.85. The Morgan fingerprint density at radius 1 is 1.23 bits per heavy atom. The minimum Gasteiger partial charge on any atom is -0.469 e. The summed E-state index contributed by atoms with van der Waals surface area (Å²) >= 11 is 0. The summed E-state index contributed by atoms with van der Waals surface area (Å²) in [6.07, 6.45) is 9.63. The summed E-state index contributed by atoms with van der Waals surface area (Å²) in [6.45, 7) is 4.95. The van der Waals surface area contributed by atoms with Crippen molar-refractivity contribution in [3.63, 3.8) is 0 Å². The molecule has 2 aliphatic rings. The number of nitrogens with zero attached hydrogens (tertiary/aromatic N) is 1. The lowest BCUT2D eigenvalue weighted by Gasteiger charge is -2.26. The van der Waals surface area contributed by atoms with Crippen LogP contribution in [-0.4, -0.2) is 44.1 Å². The van der Waals surface area contributed by atoms with Crippen molar-refractivity contribution in [2.45, 2.75) is 63.8 Å². The SMILES string of the molecule is CCNC(=NCC1COC2(CCCCCC2)O1)NCCc1ccco1.I. The number of ether oxygens (including phenoxy) is 2. The third kappa shape index (κ3) is 6.42. The number of guanidine groups is 1. The van der Waals surface area contributed by atoms with Crippen LogP contribution in [0.4, 0.5) is 0 Å². The van der Waals surface area contributed by atoms with Gasteiger partial charge in [-0.2, -0.15) is 0 Å². The molecule has 1 aromatic heterocycles. The largest absolute Gasteiger partial charge is 0.469 e. The molecule has 148 valence electrons. The normalized spacial score (nSPS) is 22.7. The minimum absolute atomic E-state index is 0. The van der Waals surface area contributed by atoms with Gasteiger partial charge in [0, 0.05) is 32.4 Å². The van der Waals surface area contributed by atoms with Crippen molar-refractivity contribution in [3.05, 3.63) is 24.2 Å². The zero-order valence-corrected chi connectivity index (χ0v) is 18.0. The molecule has 3 rings (SSSR count). The van der Waals surface area contributed by atoms with E-state index in [9.17, 15) is 0 Å². The van der Waals surface area contributed by atoms with Gasteiger partial charge in [0.1, 0.15) is 11.9 Å². The van der Waals surface area contributed by atoms with Gasteiger partial charge < -0.3 is 24.5 Å². The fraction of sp³-hybridized carbons (Fsp3) is 0.737. The van der Waals surface area contributed by atoms with Crippen LogP contribution in [0.2, 0.25) is 0 Å². The minimum atomic E-state index is -0.332. The predicted molar refractivity (Wildman–Crippen MR) is 113 cm³/mol. The number of hydrogen-bond donors (Lipinski definition) is 2. The van der Waals surface area contributed by atoms with E-state index in [4.69, 9.17) is 13.9 Å². The van der Waals surface area contributed by atoms with Crippen LogP contribution in [0.5, 0.6) is 0 Å². The van der Waals surface area contributed by atoms with E-state index in [1.807, 2.05) is 12.1 Å². The van der Waals surface area contributed by atoms with E-state index < -0.39 is 0 Å². The fourth-order valence-electron chi connectivity index (χ4n) is 3.53. The molecule has 26 heavy (non-hydrogen) atoms. The highest BCUT2D eigenvalue weighted by atomic mass is 127. The highest BCUT2D eigenvalue weighted by Crippen LogP contribution is 2.36. The summed E-state index contributed by atoms with van der Waals surface area (Å²) in [5.41, 5.74) is 0. The number of furan rings is 1. The quantitative estimate of drug-likeness (QED) is 0.373. The average Bonchev–Trinajstić information content (AvgIpc) is 3.20. The van der Waals surface area contributed by atoms with E-state index in [1.165, 1.54) is 25.7 Å². The van der Waals surface area contributed by atoms with Crippen LogP contribution in [-0.2, 0) is 15.9 Å². The van der Waals surface area contributed by atoms with Gasteiger partial charge in [-0.15, -0.1) is 24.0 Å². The van der Waals surface area contributed by atoms with Crippen molar-refractivity contribution in [1.82, 2.24) is 10.6 Å². The summed E-state index contributed by atoms with van der Waals surface area (Å²) in [6, 6.07) is 3.90. The zero-order chi connectivity index (χ0) is 17.4. The molecule has 1 atom stereocenters. The molecule has 0 radical (unpaired) electrons. The van der Waals surface area contributed by atoms with E-state index in [2.05, 4.69) is 22.5 Å². The van der Waals surface area contributed by atoms with Crippen LogP contribution in [0.1, 0.15) is 51.2 Å². The summed E-state index contributed by atoms with van der Waals surface area (Å²) in [5.74, 6) is 1.47. The molecule has 2 N–H and O–H groups in total. The first-order valence-corrected chi connectivity index (χ1v) is 9.66. The molecule has 1 unspecified atom stereocenters. The van der Waals surface area contributed by atoms with Crippen LogP contribution in [0, 0.1) is 0 Å². The van der Waals surface area contributed by atoms with Crippen LogP contribution in [0.25, 0.3) is 0 Å². The molecule has 1 spiro atoms. The van der Waals surface area contributed by atoms with Gasteiger partial charge in [0.2, 0.25) is 0 Å². The summed E-state index contributed by atoms with van der Waals surface area (Å²) < 4.78 is 17.7. The van der Waals surface area contributed by atoms with E-state index in [1.54, 1.807) is 6.26 Å². The number of nitrogens with one attached hydrogen (secondary N) is 2. The smallest absolute Gasteiger partial charge is 0.191 e. The molecular formula is C19H32IN3O3. The van der Waals surface area contributed by atoms with Crippen LogP contribution in [0.15, 0.2) is 27.8 Å². The lowest BCUT2D eigenvalue weighted by atomic mass is 10.1. The van der Waals surface area contributed by atoms with Crippen molar-refractivity contribution < 1.29 is 13.9 Å². The Kier molecular flexibility index (Phi) is 9.21. The second kappa shape index (κ2) is 11.1. The Balaban J connectivity index is 0.00000243. The number of rotatable bonds is 6. The van der Waals surface area contributed by atoms with Gasteiger partial charge in [0.15, 0.2) is 11.7 Å². The molecule has 7 heteroatoms. The fourth-order valence-corrected chi connectivity index (χ4v) is 3.53. The van der Waals surface area contributed by atoms with Crippen molar-refractivity contribution in [2.24, 2.45) is 4.99 Å². The molecule has 1 saturated carbocycles. The monoisotopic (exact) mass is 477 g/mol. The van der Waals surface area contributed by atoms with Gasteiger partial charge in [0.05, 0.1) is 19.4 Å². The first-order chi connectivity index (χ1) is 12.3.